The van der Waals surface area contributed by atoms with Gasteiger partial charge in [-0.2, -0.15) is 4.98 Å². The van der Waals surface area contributed by atoms with Gasteiger partial charge in [-0.25, -0.2) is 4.98 Å². The second-order valence-electron chi connectivity index (χ2n) is 3.13. The Balaban J connectivity index is 2.00. The van der Waals surface area contributed by atoms with E-state index in [1.54, 1.807) is 19.4 Å². The van der Waals surface area contributed by atoms with Gasteiger partial charge < -0.3 is 14.8 Å². The average molecular weight is 195 g/mol. The summed E-state index contributed by atoms with van der Waals surface area (Å²) in [6, 6.07) is 2.04. The summed E-state index contributed by atoms with van der Waals surface area (Å²) < 4.78 is 10.2. The molecule has 1 aliphatic rings. The lowest BCUT2D eigenvalue weighted by Gasteiger charge is -2.10. The van der Waals surface area contributed by atoms with Crippen molar-refractivity contribution in [1.29, 1.82) is 0 Å². The standard InChI is InChI=1S/C9H13N3O2/c1-13-8-2-4-10-9(12-8)11-7-3-5-14-6-7/h2,4,7H,3,5-6H2,1H3,(H,10,11,12). The Morgan fingerprint density at radius 1 is 1.64 bits per heavy atom. The zero-order valence-corrected chi connectivity index (χ0v) is 8.06. The van der Waals surface area contributed by atoms with Gasteiger partial charge in [-0.05, 0) is 6.42 Å². The number of aromatic nitrogens is 2. The van der Waals surface area contributed by atoms with Gasteiger partial charge in [-0.3, -0.25) is 0 Å². The van der Waals surface area contributed by atoms with E-state index in [-0.39, 0.29) is 0 Å². The van der Waals surface area contributed by atoms with Crippen molar-refractivity contribution in [2.75, 3.05) is 25.6 Å². The van der Waals surface area contributed by atoms with Crippen LogP contribution in [0.3, 0.4) is 0 Å². The summed E-state index contributed by atoms with van der Waals surface area (Å²) in [4.78, 5) is 8.25. The second-order valence-corrected chi connectivity index (χ2v) is 3.13. The lowest BCUT2D eigenvalue weighted by molar-refractivity contribution is 0.195. The van der Waals surface area contributed by atoms with Gasteiger partial charge in [0.2, 0.25) is 11.8 Å². The molecule has 1 unspecified atom stereocenters. The van der Waals surface area contributed by atoms with Gasteiger partial charge >= 0.3 is 0 Å². The van der Waals surface area contributed by atoms with Crippen LogP contribution < -0.4 is 10.1 Å². The first-order chi connectivity index (χ1) is 6.88. The lowest BCUT2D eigenvalue weighted by atomic mass is 10.3. The molecule has 0 aliphatic carbocycles. The smallest absolute Gasteiger partial charge is 0.226 e. The molecule has 0 aromatic carbocycles. The van der Waals surface area contributed by atoms with Crippen molar-refractivity contribution in [1.82, 2.24) is 9.97 Å². The summed E-state index contributed by atoms with van der Waals surface area (Å²) in [5.74, 6) is 1.17. The minimum absolute atomic E-state index is 0.321. The molecule has 5 nitrogen and oxygen atoms in total. The number of methoxy groups -OCH3 is 1. The quantitative estimate of drug-likeness (QED) is 0.768. The van der Waals surface area contributed by atoms with Crippen molar-refractivity contribution in [3.63, 3.8) is 0 Å². The molecule has 1 saturated heterocycles. The molecule has 0 saturated carbocycles. The van der Waals surface area contributed by atoms with Crippen molar-refractivity contribution in [2.24, 2.45) is 0 Å². The van der Waals surface area contributed by atoms with Gasteiger partial charge in [0, 0.05) is 18.9 Å². The van der Waals surface area contributed by atoms with E-state index < -0.39 is 0 Å². The van der Waals surface area contributed by atoms with Crippen LogP contribution in [0.25, 0.3) is 0 Å². The molecule has 0 spiro atoms. The molecule has 1 aliphatic heterocycles. The van der Waals surface area contributed by atoms with Crippen LogP contribution in [0, 0.1) is 0 Å². The molecule has 14 heavy (non-hydrogen) atoms. The Labute approximate surface area is 82.5 Å². The third-order valence-corrected chi connectivity index (χ3v) is 2.10. The highest BCUT2D eigenvalue weighted by Crippen LogP contribution is 2.12. The zero-order chi connectivity index (χ0) is 9.80. The number of hydrogen-bond acceptors (Lipinski definition) is 5. The Kier molecular flexibility index (Phi) is 2.78. The number of hydrogen-bond donors (Lipinski definition) is 1. The first-order valence-electron chi connectivity index (χ1n) is 4.60. The zero-order valence-electron chi connectivity index (χ0n) is 8.06. The van der Waals surface area contributed by atoms with E-state index in [9.17, 15) is 0 Å². The molecule has 2 rings (SSSR count). The average Bonchev–Trinajstić information content (AvgIpc) is 2.71. The maximum atomic E-state index is 5.24. The fourth-order valence-corrected chi connectivity index (χ4v) is 1.36. The van der Waals surface area contributed by atoms with Gasteiger partial charge in [0.1, 0.15) is 0 Å². The van der Waals surface area contributed by atoms with Crippen LogP contribution in [0.1, 0.15) is 6.42 Å². The summed E-state index contributed by atoms with van der Waals surface area (Å²) in [5.41, 5.74) is 0. The van der Waals surface area contributed by atoms with Gasteiger partial charge in [0.15, 0.2) is 0 Å². The minimum Gasteiger partial charge on any atom is -0.481 e. The summed E-state index contributed by atoms with van der Waals surface area (Å²) >= 11 is 0. The molecule has 2 heterocycles. The van der Waals surface area contributed by atoms with Crippen LogP contribution in [-0.4, -0.2) is 36.3 Å². The number of rotatable bonds is 3. The van der Waals surface area contributed by atoms with Crippen molar-refractivity contribution in [2.45, 2.75) is 12.5 Å². The first kappa shape index (κ1) is 9.21. The molecule has 0 amide bonds. The summed E-state index contributed by atoms with van der Waals surface area (Å²) in [5, 5.41) is 3.19. The predicted molar refractivity (Wildman–Crippen MR) is 51.4 cm³/mol. The van der Waals surface area contributed by atoms with Crippen molar-refractivity contribution in [3.05, 3.63) is 12.3 Å². The van der Waals surface area contributed by atoms with Crippen LogP contribution in [0.15, 0.2) is 12.3 Å². The van der Waals surface area contributed by atoms with Gasteiger partial charge in [-0.15, -0.1) is 0 Å². The highest BCUT2D eigenvalue weighted by atomic mass is 16.5. The molecule has 1 atom stereocenters. The SMILES string of the molecule is COc1ccnc(NC2CCOC2)n1. The van der Waals surface area contributed by atoms with E-state index in [4.69, 9.17) is 9.47 Å². The van der Waals surface area contributed by atoms with Crippen LogP contribution in [0.2, 0.25) is 0 Å². The summed E-state index contributed by atoms with van der Waals surface area (Å²) in [6.45, 7) is 1.53. The van der Waals surface area contributed by atoms with Crippen molar-refractivity contribution in [3.8, 4) is 5.88 Å². The normalized spacial score (nSPS) is 20.8. The number of ether oxygens (including phenoxy) is 2. The highest BCUT2D eigenvalue weighted by molar-refractivity contribution is 5.29. The molecular formula is C9H13N3O2. The van der Waals surface area contributed by atoms with Crippen molar-refractivity contribution < 1.29 is 9.47 Å². The first-order valence-corrected chi connectivity index (χ1v) is 4.60. The van der Waals surface area contributed by atoms with Crippen molar-refractivity contribution >= 4 is 5.95 Å². The van der Waals surface area contributed by atoms with Crippen LogP contribution in [-0.2, 0) is 4.74 Å². The summed E-state index contributed by atoms with van der Waals surface area (Å²) in [7, 11) is 1.59. The Morgan fingerprint density at radius 2 is 2.57 bits per heavy atom. The predicted octanol–water partition coefficient (Wildman–Crippen LogP) is 0.686. The fraction of sp³-hybridized carbons (Fsp3) is 0.556. The Morgan fingerprint density at radius 3 is 3.29 bits per heavy atom. The van der Waals surface area contributed by atoms with E-state index in [1.807, 2.05) is 0 Å². The topological polar surface area (TPSA) is 56.3 Å². The molecule has 1 aromatic rings. The number of anilines is 1. The van der Waals surface area contributed by atoms with Crippen LogP contribution in [0.4, 0.5) is 5.95 Å². The highest BCUT2D eigenvalue weighted by Gasteiger charge is 2.16. The molecule has 1 aromatic heterocycles. The van der Waals surface area contributed by atoms with E-state index in [0.717, 1.165) is 19.6 Å². The summed E-state index contributed by atoms with van der Waals surface area (Å²) in [6.07, 6.45) is 2.67. The maximum Gasteiger partial charge on any atom is 0.226 e. The van der Waals surface area contributed by atoms with Gasteiger partial charge in [-0.1, -0.05) is 0 Å². The van der Waals surface area contributed by atoms with E-state index in [0.29, 0.717) is 17.9 Å². The molecular weight excluding hydrogens is 182 g/mol. The minimum atomic E-state index is 0.321. The monoisotopic (exact) mass is 195 g/mol. The third kappa shape index (κ3) is 2.11. The van der Waals surface area contributed by atoms with E-state index in [1.165, 1.54) is 0 Å². The molecule has 5 heteroatoms. The largest absolute Gasteiger partial charge is 0.481 e. The van der Waals surface area contributed by atoms with Crippen LogP contribution in [0.5, 0.6) is 5.88 Å². The van der Waals surface area contributed by atoms with Gasteiger partial charge in [0.25, 0.3) is 0 Å². The lowest BCUT2D eigenvalue weighted by Crippen LogP contribution is -2.20. The second kappa shape index (κ2) is 4.23. The molecule has 1 N–H and O–H groups in total. The molecule has 76 valence electrons. The number of nitrogens with zero attached hydrogens (tertiary/aromatic N) is 2. The number of nitrogens with one attached hydrogen (secondary N) is 1. The molecule has 0 bridgehead atoms. The molecule has 0 radical (unpaired) electrons. The van der Waals surface area contributed by atoms with E-state index in [2.05, 4.69) is 15.3 Å². The Hall–Kier alpha value is -1.36. The Bertz CT molecular complexity index is 300. The third-order valence-electron chi connectivity index (χ3n) is 2.10. The molecule has 1 fully saturated rings. The maximum absolute atomic E-state index is 5.24. The van der Waals surface area contributed by atoms with Gasteiger partial charge in [0.05, 0.1) is 19.8 Å². The van der Waals surface area contributed by atoms with Crippen LogP contribution >= 0.6 is 0 Å². The van der Waals surface area contributed by atoms with E-state index >= 15 is 0 Å². The fourth-order valence-electron chi connectivity index (χ4n) is 1.36.